The molecule has 4 N–H and O–H groups in total. The van der Waals surface area contributed by atoms with Crippen LogP contribution in [0.15, 0.2) is 22.7 Å². The molecule has 0 bridgehead atoms. The fraction of sp³-hybridized carbons (Fsp3) is 0.200. The highest BCUT2D eigenvalue weighted by Crippen LogP contribution is 2.25. The maximum Gasteiger partial charge on any atom is 0.328 e. The molecule has 0 spiro atoms. The third kappa shape index (κ3) is 4.17. The number of anilines is 1. The fourth-order valence-electron chi connectivity index (χ4n) is 1.09. The molecule has 98 valence electrons. The summed E-state index contributed by atoms with van der Waals surface area (Å²) in [6.45, 7) is -0.698. The summed E-state index contributed by atoms with van der Waals surface area (Å²) >= 11 is 9.08. The molecule has 0 saturated carbocycles. The average Bonchev–Trinajstić information content (AvgIpc) is 2.29. The van der Waals surface area contributed by atoms with Crippen molar-refractivity contribution in [3.8, 4) is 0 Å². The van der Waals surface area contributed by atoms with E-state index >= 15 is 0 Å². The van der Waals surface area contributed by atoms with Gasteiger partial charge in [-0.2, -0.15) is 0 Å². The van der Waals surface area contributed by atoms with E-state index in [4.69, 9.17) is 21.8 Å². The fourth-order valence-corrected chi connectivity index (χ4v) is 1.81. The lowest BCUT2D eigenvalue weighted by molar-refractivity contribution is -0.140. The van der Waals surface area contributed by atoms with Crippen LogP contribution in [0.4, 0.5) is 10.5 Å². The minimum Gasteiger partial charge on any atom is -0.480 e. The Bertz CT molecular complexity index is 469. The number of benzene rings is 1. The first-order valence-electron chi connectivity index (χ1n) is 4.80. The highest BCUT2D eigenvalue weighted by atomic mass is 79.9. The van der Waals surface area contributed by atoms with E-state index in [2.05, 4.69) is 26.6 Å². The van der Waals surface area contributed by atoms with Crippen molar-refractivity contribution < 1.29 is 19.8 Å². The second-order valence-electron chi connectivity index (χ2n) is 3.30. The standard InChI is InChI=1S/C10H10BrClN2O4/c11-5-1-2-7(6(12)3-5)13-10(18)14-8(4-15)9(16)17/h1-3,8,15H,4H2,(H,16,17)(H2,13,14,18). The lowest BCUT2D eigenvalue weighted by Crippen LogP contribution is -2.45. The van der Waals surface area contributed by atoms with Crippen LogP contribution in [0.2, 0.25) is 5.02 Å². The third-order valence-corrected chi connectivity index (χ3v) is 2.77. The summed E-state index contributed by atoms with van der Waals surface area (Å²) in [5.74, 6) is -1.32. The number of aliphatic hydroxyl groups excluding tert-OH is 1. The first-order chi connectivity index (χ1) is 8.43. The molecule has 1 unspecified atom stereocenters. The zero-order valence-electron chi connectivity index (χ0n) is 8.98. The Morgan fingerprint density at radius 3 is 2.61 bits per heavy atom. The minimum absolute atomic E-state index is 0.301. The molecule has 0 fully saturated rings. The molecule has 6 nitrogen and oxygen atoms in total. The van der Waals surface area contributed by atoms with Gasteiger partial charge in [0.1, 0.15) is 0 Å². The number of carbonyl (C=O) groups excluding carboxylic acids is 1. The second kappa shape index (κ2) is 6.58. The molecule has 0 aliphatic heterocycles. The Hall–Kier alpha value is -1.31. The van der Waals surface area contributed by atoms with Crippen molar-refractivity contribution in [1.29, 1.82) is 0 Å². The van der Waals surface area contributed by atoms with Crippen molar-refractivity contribution in [2.75, 3.05) is 11.9 Å². The first-order valence-corrected chi connectivity index (χ1v) is 5.97. The van der Waals surface area contributed by atoms with Crippen molar-refractivity contribution in [1.82, 2.24) is 5.32 Å². The van der Waals surface area contributed by atoms with Gasteiger partial charge in [-0.3, -0.25) is 0 Å². The number of hydrogen-bond donors (Lipinski definition) is 4. The third-order valence-electron chi connectivity index (χ3n) is 1.97. The van der Waals surface area contributed by atoms with Crippen LogP contribution in [-0.2, 0) is 4.79 Å². The predicted octanol–water partition coefficient (Wildman–Crippen LogP) is 1.67. The number of carboxylic acids is 1. The molecule has 1 rings (SSSR count). The normalized spacial score (nSPS) is 11.7. The molecule has 1 aromatic carbocycles. The molecule has 1 aromatic rings. The lowest BCUT2D eigenvalue weighted by atomic mass is 10.3. The summed E-state index contributed by atoms with van der Waals surface area (Å²) in [5, 5.41) is 22.2. The number of urea groups is 1. The number of halogens is 2. The summed E-state index contributed by atoms with van der Waals surface area (Å²) in [7, 11) is 0. The maximum atomic E-state index is 11.5. The number of carbonyl (C=O) groups is 2. The Kier molecular flexibility index (Phi) is 5.39. The molecule has 2 amide bonds. The van der Waals surface area contributed by atoms with Crippen molar-refractivity contribution in [3.05, 3.63) is 27.7 Å². The average molecular weight is 338 g/mol. The zero-order chi connectivity index (χ0) is 13.7. The highest BCUT2D eigenvalue weighted by molar-refractivity contribution is 9.10. The largest absolute Gasteiger partial charge is 0.480 e. The SMILES string of the molecule is O=C(Nc1ccc(Br)cc1Cl)NC(CO)C(=O)O. The van der Waals surface area contributed by atoms with E-state index in [1.807, 2.05) is 0 Å². The summed E-state index contributed by atoms with van der Waals surface area (Å²) < 4.78 is 0.747. The molecule has 0 saturated heterocycles. The molecular formula is C10H10BrClN2O4. The van der Waals surface area contributed by atoms with Gasteiger partial charge in [-0.1, -0.05) is 27.5 Å². The number of nitrogens with one attached hydrogen (secondary N) is 2. The van der Waals surface area contributed by atoms with Gasteiger partial charge in [0.05, 0.1) is 17.3 Å². The number of aliphatic hydroxyl groups is 1. The number of hydrogen-bond acceptors (Lipinski definition) is 3. The van der Waals surface area contributed by atoms with Crippen molar-refractivity contribution in [2.45, 2.75) is 6.04 Å². The van der Waals surface area contributed by atoms with Gasteiger partial charge in [0.2, 0.25) is 0 Å². The van der Waals surface area contributed by atoms with Crippen LogP contribution in [0.3, 0.4) is 0 Å². The molecular weight excluding hydrogens is 327 g/mol. The summed E-state index contributed by atoms with van der Waals surface area (Å²) in [4.78, 5) is 22.1. The topological polar surface area (TPSA) is 98.7 Å². The Morgan fingerprint density at radius 1 is 1.44 bits per heavy atom. The Labute approximate surface area is 116 Å². The Morgan fingerprint density at radius 2 is 2.11 bits per heavy atom. The van der Waals surface area contributed by atoms with Crippen LogP contribution in [0, 0.1) is 0 Å². The number of amides is 2. The quantitative estimate of drug-likeness (QED) is 0.671. The van der Waals surface area contributed by atoms with Gasteiger partial charge in [0.15, 0.2) is 6.04 Å². The van der Waals surface area contributed by atoms with E-state index in [1.54, 1.807) is 18.2 Å². The smallest absolute Gasteiger partial charge is 0.328 e. The van der Waals surface area contributed by atoms with E-state index in [0.29, 0.717) is 10.7 Å². The van der Waals surface area contributed by atoms with Gasteiger partial charge in [-0.05, 0) is 18.2 Å². The maximum absolute atomic E-state index is 11.5. The molecule has 0 heterocycles. The van der Waals surface area contributed by atoms with Gasteiger partial charge >= 0.3 is 12.0 Å². The van der Waals surface area contributed by atoms with Gasteiger partial charge in [0, 0.05) is 4.47 Å². The van der Waals surface area contributed by atoms with Gasteiger partial charge in [0.25, 0.3) is 0 Å². The van der Waals surface area contributed by atoms with Crippen LogP contribution in [-0.4, -0.2) is 34.9 Å². The molecule has 0 aromatic heterocycles. The highest BCUT2D eigenvalue weighted by Gasteiger charge is 2.18. The van der Waals surface area contributed by atoms with Gasteiger partial charge in [-0.15, -0.1) is 0 Å². The summed E-state index contributed by atoms with van der Waals surface area (Å²) in [6, 6.07) is 2.68. The molecule has 18 heavy (non-hydrogen) atoms. The van der Waals surface area contributed by atoms with E-state index < -0.39 is 24.6 Å². The molecule has 0 aliphatic rings. The lowest BCUT2D eigenvalue weighted by Gasteiger charge is -2.13. The van der Waals surface area contributed by atoms with Crippen LogP contribution in [0.25, 0.3) is 0 Å². The first kappa shape index (κ1) is 14.7. The predicted molar refractivity (Wildman–Crippen MR) is 69.8 cm³/mol. The van der Waals surface area contributed by atoms with E-state index in [-0.39, 0.29) is 0 Å². The monoisotopic (exact) mass is 336 g/mol. The van der Waals surface area contributed by atoms with Crippen molar-refractivity contribution in [3.63, 3.8) is 0 Å². The van der Waals surface area contributed by atoms with Crippen molar-refractivity contribution in [2.24, 2.45) is 0 Å². The summed E-state index contributed by atoms with van der Waals surface area (Å²) in [6.07, 6.45) is 0. The molecule has 0 aliphatic carbocycles. The Balaban J connectivity index is 2.67. The van der Waals surface area contributed by atoms with Crippen LogP contribution < -0.4 is 10.6 Å². The second-order valence-corrected chi connectivity index (χ2v) is 4.62. The van der Waals surface area contributed by atoms with Crippen LogP contribution in [0.1, 0.15) is 0 Å². The van der Waals surface area contributed by atoms with Crippen LogP contribution in [0.5, 0.6) is 0 Å². The minimum atomic E-state index is -1.36. The van der Waals surface area contributed by atoms with Crippen LogP contribution >= 0.6 is 27.5 Å². The van der Waals surface area contributed by atoms with E-state index in [1.165, 1.54) is 0 Å². The number of aliphatic carboxylic acids is 1. The zero-order valence-corrected chi connectivity index (χ0v) is 11.3. The number of rotatable bonds is 4. The van der Waals surface area contributed by atoms with E-state index in [0.717, 1.165) is 4.47 Å². The summed E-state index contributed by atoms with van der Waals surface area (Å²) in [5.41, 5.74) is 0.333. The number of carboxylic acid groups (broad SMARTS) is 1. The van der Waals surface area contributed by atoms with Crippen molar-refractivity contribution >= 4 is 45.2 Å². The molecule has 1 atom stereocenters. The van der Waals surface area contributed by atoms with E-state index in [9.17, 15) is 9.59 Å². The van der Waals surface area contributed by atoms with Gasteiger partial charge in [-0.25, -0.2) is 9.59 Å². The molecule has 8 heteroatoms. The van der Waals surface area contributed by atoms with Gasteiger partial charge < -0.3 is 20.8 Å². The molecule has 0 radical (unpaired) electrons.